The van der Waals surface area contributed by atoms with Gasteiger partial charge in [0.2, 0.25) is 11.2 Å². The van der Waals surface area contributed by atoms with Gasteiger partial charge >= 0.3 is 6.03 Å². The minimum atomic E-state index is -0.586. The lowest BCUT2D eigenvalue weighted by atomic mass is 10.3. The summed E-state index contributed by atoms with van der Waals surface area (Å²) in [5.41, 5.74) is 0.406. The van der Waals surface area contributed by atoms with Crippen molar-refractivity contribution in [3.63, 3.8) is 0 Å². The molecule has 1 saturated heterocycles. The molecule has 22 heavy (non-hydrogen) atoms. The van der Waals surface area contributed by atoms with Gasteiger partial charge in [-0.25, -0.2) is 9.78 Å². The van der Waals surface area contributed by atoms with Crippen LogP contribution in [0.25, 0.3) is 6.08 Å². The molecule has 0 aliphatic carbocycles. The van der Waals surface area contributed by atoms with E-state index in [1.807, 2.05) is 18.2 Å². The van der Waals surface area contributed by atoms with Crippen molar-refractivity contribution >= 4 is 29.6 Å². The summed E-state index contributed by atoms with van der Waals surface area (Å²) in [6.07, 6.45) is 1.38. The fraction of sp³-hybridized carbons (Fsp3) is 0. The number of imide groups is 1. The monoisotopic (exact) mass is 316 g/mol. The van der Waals surface area contributed by atoms with Crippen molar-refractivity contribution in [3.8, 4) is 11.6 Å². The molecule has 1 fully saturated rings. The number of carbonyl (C=O) groups excluding carboxylic acids is 2. The van der Waals surface area contributed by atoms with Gasteiger partial charge in [0.25, 0.3) is 5.91 Å². The maximum Gasteiger partial charge on any atom is 0.326 e. The SMILES string of the molecule is O=C1NC(=O)C(=Cc2cc(Oc3ccccc3)nc(Cl)n2)N1. The highest BCUT2D eigenvalue weighted by Crippen LogP contribution is 2.21. The minimum Gasteiger partial charge on any atom is -0.439 e. The third-order valence-electron chi connectivity index (χ3n) is 2.67. The molecule has 3 rings (SSSR count). The molecule has 1 aromatic carbocycles. The summed E-state index contributed by atoms with van der Waals surface area (Å²) in [5, 5.41) is 4.41. The third-order valence-corrected chi connectivity index (χ3v) is 2.84. The second-order valence-electron chi connectivity index (χ2n) is 4.28. The van der Waals surface area contributed by atoms with Crippen molar-refractivity contribution < 1.29 is 14.3 Å². The van der Waals surface area contributed by atoms with E-state index in [1.165, 1.54) is 12.1 Å². The molecule has 0 spiro atoms. The molecule has 0 atom stereocenters. The van der Waals surface area contributed by atoms with Crippen LogP contribution in [-0.2, 0) is 4.79 Å². The first kappa shape index (κ1) is 14.0. The summed E-state index contributed by atoms with van der Waals surface area (Å²) in [4.78, 5) is 30.5. The van der Waals surface area contributed by atoms with Gasteiger partial charge in [-0.15, -0.1) is 0 Å². The molecular formula is C14H9ClN4O3. The standard InChI is InChI=1S/C14H9ClN4O3/c15-13-16-8(6-10-12(20)19-14(21)17-10)7-11(18-13)22-9-4-2-1-3-5-9/h1-7H,(H2,17,19,20,21). The molecular weight excluding hydrogens is 308 g/mol. The van der Waals surface area contributed by atoms with Crippen LogP contribution in [0.4, 0.5) is 4.79 Å². The van der Waals surface area contributed by atoms with Gasteiger partial charge in [0.15, 0.2) is 0 Å². The first-order valence-corrected chi connectivity index (χ1v) is 6.59. The minimum absolute atomic E-state index is 0.0370. The summed E-state index contributed by atoms with van der Waals surface area (Å²) in [6.45, 7) is 0. The predicted molar refractivity (Wildman–Crippen MR) is 78.2 cm³/mol. The molecule has 2 N–H and O–H groups in total. The Bertz CT molecular complexity index is 777. The molecule has 110 valence electrons. The lowest BCUT2D eigenvalue weighted by Crippen LogP contribution is -2.22. The van der Waals surface area contributed by atoms with Crippen LogP contribution in [0.3, 0.4) is 0 Å². The van der Waals surface area contributed by atoms with E-state index in [4.69, 9.17) is 16.3 Å². The van der Waals surface area contributed by atoms with Gasteiger partial charge in [-0.2, -0.15) is 4.98 Å². The predicted octanol–water partition coefficient (Wildman–Crippen LogP) is 2.10. The summed E-state index contributed by atoms with van der Waals surface area (Å²) >= 11 is 5.85. The molecule has 0 saturated carbocycles. The van der Waals surface area contributed by atoms with Crippen LogP contribution in [0.15, 0.2) is 42.1 Å². The van der Waals surface area contributed by atoms with Crippen LogP contribution in [0.1, 0.15) is 5.69 Å². The van der Waals surface area contributed by atoms with E-state index in [9.17, 15) is 9.59 Å². The number of benzene rings is 1. The third kappa shape index (κ3) is 3.21. The number of halogens is 1. The zero-order valence-electron chi connectivity index (χ0n) is 11.0. The van der Waals surface area contributed by atoms with Crippen molar-refractivity contribution in [1.29, 1.82) is 0 Å². The van der Waals surface area contributed by atoms with E-state index >= 15 is 0 Å². The maximum atomic E-state index is 11.5. The van der Waals surface area contributed by atoms with Gasteiger partial charge in [0.1, 0.15) is 11.4 Å². The lowest BCUT2D eigenvalue weighted by molar-refractivity contribution is -0.115. The van der Waals surface area contributed by atoms with Crippen molar-refractivity contribution in [2.24, 2.45) is 0 Å². The highest BCUT2D eigenvalue weighted by Gasteiger charge is 2.23. The molecule has 8 heteroatoms. The normalized spacial score (nSPS) is 15.6. The van der Waals surface area contributed by atoms with E-state index in [-0.39, 0.29) is 16.9 Å². The van der Waals surface area contributed by atoms with Gasteiger partial charge in [-0.05, 0) is 29.8 Å². The highest BCUT2D eigenvalue weighted by atomic mass is 35.5. The average Bonchev–Trinajstić information content (AvgIpc) is 2.77. The van der Waals surface area contributed by atoms with Crippen LogP contribution in [0, 0.1) is 0 Å². The number of para-hydroxylation sites is 1. The number of hydrogen-bond donors (Lipinski definition) is 2. The smallest absolute Gasteiger partial charge is 0.326 e. The molecule has 0 bridgehead atoms. The summed E-state index contributed by atoms with van der Waals surface area (Å²) < 4.78 is 5.56. The molecule has 3 amide bonds. The molecule has 1 aliphatic rings. The zero-order valence-corrected chi connectivity index (χ0v) is 11.8. The van der Waals surface area contributed by atoms with Crippen LogP contribution in [-0.4, -0.2) is 21.9 Å². The number of hydrogen-bond acceptors (Lipinski definition) is 5. The Kier molecular flexibility index (Phi) is 3.71. The molecule has 0 radical (unpaired) electrons. The Morgan fingerprint density at radius 3 is 2.55 bits per heavy atom. The second-order valence-corrected chi connectivity index (χ2v) is 4.62. The Morgan fingerprint density at radius 2 is 1.86 bits per heavy atom. The molecule has 1 aromatic heterocycles. The van der Waals surface area contributed by atoms with Crippen LogP contribution < -0.4 is 15.4 Å². The Hall–Kier alpha value is -2.93. The fourth-order valence-corrected chi connectivity index (χ4v) is 1.96. The van der Waals surface area contributed by atoms with Crippen molar-refractivity contribution in [3.05, 3.63) is 53.1 Å². The number of aromatic nitrogens is 2. The number of rotatable bonds is 3. The van der Waals surface area contributed by atoms with Gasteiger partial charge in [0.05, 0.1) is 5.69 Å². The number of nitrogens with one attached hydrogen (secondary N) is 2. The molecule has 2 heterocycles. The first-order valence-electron chi connectivity index (χ1n) is 6.22. The second kappa shape index (κ2) is 5.82. The lowest BCUT2D eigenvalue weighted by Gasteiger charge is -2.05. The fourth-order valence-electron chi connectivity index (χ4n) is 1.78. The van der Waals surface area contributed by atoms with Crippen LogP contribution in [0.5, 0.6) is 11.6 Å². The summed E-state index contributed by atoms with van der Waals surface area (Å²) in [6, 6.07) is 9.94. The number of amides is 3. The number of carbonyl (C=O) groups is 2. The van der Waals surface area contributed by atoms with Gasteiger partial charge in [-0.3, -0.25) is 10.1 Å². The molecule has 0 unspecified atom stereocenters. The Labute approximate surface area is 130 Å². The largest absolute Gasteiger partial charge is 0.439 e. The Morgan fingerprint density at radius 1 is 1.09 bits per heavy atom. The average molecular weight is 317 g/mol. The van der Waals surface area contributed by atoms with Crippen LogP contribution >= 0.6 is 11.6 Å². The summed E-state index contributed by atoms with van der Waals surface area (Å²) in [5.74, 6) is 0.274. The van der Waals surface area contributed by atoms with Gasteiger partial charge in [-0.1, -0.05) is 18.2 Å². The first-order chi connectivity index (χ1) is 10.6. The quantitative estimate of drug-likeness (QED) is 0.514. The van der Waals surface area contributed by atoms with E-state index in [1.54, 1.807) is 12.1 Å². The highest BCUT2D eigenvalue weighted by molar-refractivity contribution is 6.28. The van der Waals surface area contributed by atoms with E-state index < -0.39 is 11.9 Å². The van der Waals surface area contributed by atoms with Crippen LogP contribution in [0.2, 0.25) is 5.28 Å². The zero-order chi connectivity index (χ0) is 15.5. The maximum absolute atomic E-state index is 11.5. The van der Waals surface area contributed by atoms with Gasteiger partial charge < -0.3 is 10.1 Å². The molecule has 7 nitrogen and oxygen atoms in total. The van der Waals surface area contributed by atoms with E-state index in [2.05, 4.69) is 20.6 Å². The number of nitrogens with zero attached hydrogens (tertiary/aromatic N) is 2. The van der Waals surface area contributed by atoms with Crippen molar-refractivity contribution in [2.75, 3.05) is 0 Å². The van der Waals surface area contributed by atoms with E-state index in [0.29, 0.717) is 11.4 Å². The summed E-state index contributed by atoms with van der Waals surface area (Å²) in [7, 11) is 0. The topological polar surface area (TPSA) is 93.2 Å². The number of ether oxygens (including phenoxy) is 1. The molecule has 2 aromatic rings. The van der Waals surface area contributed by atoms with E-state index in [0.717, 1.165) is 0 Å². The molecule has 1 aliphatic heterocycles. The van der Waals surface area contributed by atoms with Gasteiger partial charge in [0, 0.05) is 6.07 Å². The Balaban J connectivity index is 1.89. The van der Waals surface area contributed by atoms with Crippen molar-refractivity contribution in [2.45, 2.75) is 0 Å². The van der Waals surface area contributed by atoms with Crippen molar-refractivity contribution in [1.82, 2.24) is 20.6 Å². The number of urea groups is 1.